The van der Waals surface area contributed by atoms with Gasteiger partial charge >= 0.3 is 5.97 Å². The molecule has 1 fully saturated rings. The molecule has 2 heterocycles. The minimum Gasteiger partial charge on any atom is -0.480 e. The van der Waals surface area contributed by atoms with Gasteiger partial charge in [-0.2, -0.15) is 5.10 Å². The number of carbonyl (C=O) groups excluding carboxylic acids is 1. The Morgan fingerprint density at radius 1 is 1.33 bits per heavy atom. The van der Waals surface area contributed by atoms with E-state index in [1.165, 1.54) is 0 Å². The molecular formula is C15H10ClN3O3S2. The van der Waals surface area contributed by atoms with Gasteiger partial charge < -0.3 is 5.11 Å². The highest BCUT2D eigenvalue weighted by atomic mass is 35.5. The number of carbonyl (C=O) groups is 2. The quantitative estimate of drug-likeness (QED) is 0.650. The van der Waals surface area contributed by atoms with E-state index in [1.54, 1.807) is 35.2 Å². The van der Waals surface area contributed by atoms with Crippen molar-refractivity contribution in [3.63, 3.8) is 0 Å². The number of hydrogen-bond acceptors (Lipinski definition) is 5. The number of amides is 1. The van der Waals surface area contributed by atoms with Crippen LogP contribution in [0.5, 0.6) is 0 Å². The Hall–Kier alpha value is -2.16. The number of carboxylic acids is 1. The minimum atomic E-state index is -1.11. The number of aliphatic carboxylic acids is 1. The summed E-state index contributed by atoms with van der Waals surface area (Å²) in [5.74, 6) is -1.53. The van der Waals surface area contributed by atoms with Crippen LogP contribution in [0.2, 0.25) is 5.02 Å². The summed E-state index contributed by atoms with van der Waals surface area (Å²) >= 11 is 12.0. The summed E-state index contributed by atoms with van der Waals surface area (Å²) in [6.45, 7) is -0.443. The fourth-order valence-corrected chi connectivity index (χ4v) is 3.42. The molecule has 0 radical (unpaired) electrons. The van der Waals surface area contributed by atoms with Gasteiger partial charge in [-0.25, -0.2) is 4.68 Å². The minimum absolute atomic E-state index is 0.228. The largest absolute Gasteiger partial charge is 0.480 e. The SMILES string of the molecule is O=C(O)CN1C(=O)C(=Cc2ccn(-c3ccc(Cl)cc3)n2)SC1=S. The molecule has 1 aliphatic heterocycles. The Labute approximate surface area is 151 Å². The lowest BCUT2D eigenvalue weighted by Gasteiger charge is -2.09. The highest BCUT2D eigenvalue weighted by Crippen LogP contribution is 2.32. The summed E-state index contributed by atoms with van der Waals surface area (Å²) in [6, 6.07) is 8.92. The van der Waals surface area contributed by atoms with Crippen LogP contribution in [0.3, 0.4) is 0 Å². The van der Waals surface area contributed by atoms with Crippen LogP contribution in [0.4, 0.5) is 0 Å². The van der Waals surface area contributed by atoms with E-state index < -0.39 is 18.4 Å². The Morgan fingerprint density at radius 2 is 2.04 bits per heavy atom. The van der Waals surface area contributed by atoms with Crippen molar-refractivity contribution in [3.8, 4) is 5.69 Å². The molecule has 0 saturated carbocycles. The maximum Gasteiger partial charge on any atom is 0.323 e. The maximum absolute atomic E-state index is 12.2. The number of thioether (sulfide) groups is 1. The van der Waals surface area contributed by atoms with Crippen molar-refractivity contribution in [1.82, 2.24) is 14.7 Å². The molecule has 0 unspecified atom stereocenters. The highest BCUT2D eigenvalue weighted by molar-refractivity contribution is 8.26. The molecule has 9 heteroatoms. The standard InChI is InChI=1S/C15H10ClN3O3S2/c16-9-1-3-11(4-2-9)19-6-5-10(17-19)7-12-14(22)18(8-13(20)21)15(23)24-12/h1-7H,8H2,(H,20,21). The van der Waals surface area contributed by atoms with Crippen molar-refractivity contribution in [2.24, 2.45) is 0 Å². The summed E-state index contributed by atoms with van der Waals surface area (Å²) < 4.78 is 1.88. The van der Waals surface area contributed by atoms with E-state index in [0.29, 0.717) is 15.6 Å². The molecule has 1 saturated heterocycles. The fourth-order valence-electron chi connectivity index (χ4n) is 2.06. The van der Waals surface area contributed by atoms with Crippen LogP contribution in [0.1, 0.15) is 5.69 Å². The number of benzene rings is 1. The number of rotatable bonds is 4. The van der Waals surface area contributed by atoms with Gasteiger partial charge in [0.15, 0.2) is 0 Å². The van der Waals surface area contributed by atoms with Crippen LogP contribution in [0.15, 0.2) is 41.4 Å². The second-order valence-corrected chi connectivity index (χ2v) is 6.94. The van der Waals surface area contributed by atoms with Crippen LogP contribution < -0.4 is 0 Å². The molecule has 6 nitrogen and oxygen atoms in total. The van der Waals surface area contributed by atoms with Gasteiger partial charge in [0.05, 0.1) is 16.3 Å². The first-order valence-electron chi connectivity index (χ1n) is 6.73. The summed E-state index contributed by atoms with van der Waals surface area (Å²) in [4.78, 5) is 24.4. The Kier molecular flexibility index (Phi) is 4.70. The smallest absolute Gasteiger partial charge is 0.323 e. The molecule has 0 aliphatic carbocycles. The van der Waals surface area contributed by atoms with Gasteiger partial charge in [-0.15, -0.1) is 0 Å². The van der Waals surface area contributed by atoms with Crippen molar-refractivity contribution in [2.75, 3.05) is 6.54 Å². The average molecular weight is 380 g/mol. The van der Waals surface area contributed by atoms with Gasteiger partial charge in [0.1, 0.15) is 10.9 Å². The molecular weight excluding hydrogens is 370 g/mol. The lowest BCUT2D eigenvalue weighted by atomic mass is 10.3. The van der Waals surface area contributed by atoms with Gasteiger partial charge in [0, 0.05) is 11.2 Å². The molecule has 24 heavy (non-hydrogen) atoms. The van der Waals surface area contributed by atoms with E-state index in [2.05, 4.69) is 5.10 Å². The third kappa shape index (κ3) is 3.50. The van der Waals surface area contributed by atoms with Gasteiger partial charge in [0.2, 0.25) is 0 Å². The van der Waals surface area contributed by atoms with Crippen molar-refractivity contribution in [3.05, 3.63) is 52.2 Å². The molecule has 1 N–H and O–H groups in total. The first-order chi connectivity index (χ1) is 11.4. The number of halogens is 1. The van der Waals surface area contributed by atoms with E-state index in [0.717, 1.165) is 22.3 Å². The van der Waals surface area contributed by atoms with Gasteiger partial charge in [-0.05, 0) is 36.4 Å². The van der Waals surface area contributed by atoms with E-state index in [-0.39, 0.29) is 4.32 Å². The topological polar surface area (TPSA) is 75.4 Å². The van der Waals surface area contributed by atoms with Crippen LogP contribution in [-0.2, 0) is 9.59 Å². The number of aromatic nitrogens is 2. The number of thiocarbonyl (C=S) groups is 1. The van der Waals surface area contributed by atoms with E-state index in [4.69, 9.17) is 28.9 Å². The van der Waals surface area contributed by atoms with Crippen molar-refractivity contribution < 1.29 is 14.7 Å². The zero-order chi connectivity index (χ0) is 17.3. The molecule has 1 aromatic heterocycles. The maximum atomic E-state index is 12.2. The monoisotopic (exact) mass is 379 g/mol. The molecule has 1 aliphatic rings. The average Bonchev–Trinajstić information content (AvgIpc) is 3.09. The molecule has 0 bridgehead atoms. The third-order valence-corrected chi connectivity index (χ3v) is 4.78. The Morgan fingerprint density at radius 3 is 2.71 bits per heavy atom. The number of hydrogen-bond donors (Lipinski definition) is 1. The predicted octanol–water partition coefficient (Wildman–Crippen LogP) is 2.81. The van der Waals surface area contributed by atoms with E-state index in [9.17, 15) is 9.59 Å². The third-order valence-electron chi connectivity index (χ3n) is 3.15. The molecule has 2 aromatic rings. The molecule has 0 spiro atoms. The molecule has 1 aromatic carbocycles. The summed E-state index contributed by atoms with van der Waals surface area (Å²) in [5.41, 5.74) is 1.40. The lowest BCUT2D eigenvalue weighted by molar-refractivity contribution is -0.140. The zero-order valence-corrected chi connectivity index (χ0v) is 14.4. The Bertz CT molecular complexity index is 861. The normalized spacial score (nSPS) is 16.2. The van der Waals surface area contributed by atoms with Crippen molar-refractivity contribution in [2.45, 2.75) is 0 Å². The molecule has 1 amide bonds. The first kappa shape index (κ1) is 16.7. The number of nitrogens with zero attached hydrogens (tertiary/aromatic N) is 3. The van der Waals surface area contributed by atoms with Gasteiger partial charge in [-0.1, -0.05) is 35.6 Å². The van der Waals surface area contributed by atoms with Gasteiger partial charge in [0.25, 0.3) is 5.91 Å². The molecule has 122 valence electrons. The van der Waals surface area contributed by atoms with E-state index in [1.807, 2.05) is 12.1 Å². The summed E-state index contributed by atoms with van der Waals surface area (Å²) in [5, 5.41) is 13.8. The summed E-state index contributed by atoms with van der Waals surface area (Å²) in [7, 11) is 0. The highest BCUT2D eigenvalue weighted by Gasteiger charge is 2.33. The van der Waals surface area contributed by atoms with Crippen LogP contribution in [0, 0.1) is 0 Å². The molecule has 0 atom stereocenters. The van der Waals surface area contributed by atoms with Gasteiger partial charge in [-0.3, -0.25) is 14.5 Å². The summed E-state index contributed by atoms with van der Waals surface area (Å²) in [6.07, 6.45) is 3.35. The number of carboxylic acid groups (broad SMARTS) is 1. The fraction of sp³-hybridized carbons (Fsp3) is 0.0667. The lowest BCUT2D eigenvalue weighted by Crippen LogP contribution is -2.33. The predicted molar refractivity (Wildman–Crippen MR) is 96.1 cm³/mol. The van der Waals surface area contributed by atoms with E-state index >= 15 is 0 Å². The molecule has 3 rings (SSSR count). The Balaban J connectivity index is 1.82. The zero-order valence-electron chi connectivity index (χ0n) is 12.0. The van der Waals surface area contributed by atoms with Crippen molar-refractivity contribution >= 4 is 57.9 Å². The van der Waals surface area contributed by atoms with Crippen molar-refractivity contribution in [1.29, 1.82) is 0 Å². The van der Waals surface area contributed by atoms with Crippen LogP contribution in [0.25, 0.3) is 11.8 Å². The first-order valence-corrected chi connectivity index (χ1v) is 8.33. The second kappa shape index (κ2) is 6.76. The van der Waals surface area contributed by atoms with Crippen LogP contribution >= 0.6 is 35.6 Å². The second-order valence-electron chi connectivity index (χ2n) is 4.82. The van der Waals surface area contributed by atoms with Crippen LogP contribution in [-0.4, -0.2) is 42.5 Å².